The van der Waals surface area contributed by atoms with Gasteiger partial charge in [-0.25, -0.2) is 0 Å². The van der Waals surface area contributed by atoms with E-state index in [9.17, 15) is 5.11 Å². The van der Waals surface area contributed by atoms with Gasteiger partial charge in [0.2, 0.25) is 0 Å². The van der Waals surface area contributed by atoms with E-state index in [0.29, 0.717) is 12.3 Å². The molecule has 104 valence electrons. The summed E-state index contributed by atoms with van der Waals surface area (Å²) in [6.07, 6.45) is 0. The number of rotatable bonds is 4. The van der Waals surface area contributed by atoms with E-state index in [1.54, 1.807) is 6.07 Å². The minimum Gasteiger partial charge on any atom is -0.508 e. The van der Waals surface area contributed by atoms with Crippen LogP contribution in [-0.2, 0) is 6.54 Å². The fraction of sp³-hybridized carbons (Fsp3) is 0.0526. The van der Waals surface area contributed by atoms with Gasteiger partial charge in [-0.2, -0.15) is 0 Å². The number of nitrogens with one attached hydrogen (secondary N) is 1. The summed E-state index contributed by atoms with van der Waals surface area (Å²) in [6.45, 7) is 0.594. The Bertz CT molecular complexity index is 708. The number of hydrogen-bond acceptors (Lipinski definition) is 2. The molecule has 3 aromatic rings. The van der Waals surface area contributed by atoms with Crippen molar-refractivity contribution >= 4 is 5.69 Å². The number of phenolic OH excluding ortho intramolecular Hbond substituents is 1. The van der Waals surface area contributed by atoms with Crippen LogP contribution in [0, 0.1) is 0 Å². The van der Waals surface area contributed by atoms with Crippen LogP contribution in [0.3, 0.4) is 0 Å². The van der Waals surface area contributed by atoms with E-state index >= 15 is 0 Å². The average Bonchev–Trinajstić information content (AvgIpc) is 2.56. The van der Waals surface area contributed by atoms with Crippen LogP contribution in [0.1, 0.15) is 5.56 Å². The number of benzene rings is 3. The van der Waals surface area contributed by atoms with Gasteiger partial charge in [0.15, 0.2) is 0 Å². The van der Waals surface area contributed by atoms with Crippen LogP contribution in [0.15, 0.2) is 78.9 Å². The molecular weight excluding hydrogens is 258 g/mol. The average molecular weight is 275 g/mol. The first-order valence-electron chi connectivity index (χ1n) is 6.99. The molecule has 0 atom stereocenters. The van der Waals surface area contributed by atoms with E-state index < -0.39 is 0 Å². The molecule has 0 radical (unpaired) electrons. The van der Waals surface area contributed by atoms with E-state index in [2.05, 4.69) is 17.4 Å². The first-order valence-corrected chi connectivity index (χ1v) is 6.99. The Morgan fingerprint density at radius 2 is 1.38 bits per heavy atom. The maximum Gasteiger partial charge on any atom is 0.120 e. The number of hydrogen-bond donors (Lipinski definition) is 2. The summed E-state index contributed by atoms with van der Waals surface area (Å²) < 4.78 is 0. The summed E-state index contributed by atoms with van der Waals surface area (Å²) in [5, 5.41) is 13.3. The second-order valence-electron chi connectivity index (χ2n) is 4.93. The van der Waals surface area contributed by atoms with Gasteiger partial charge in [-0.05, 0) is 35.4 Å². The highest BCUT2D eigenvalue weighted by molar-refractivity contribution is 5.65. The molecule has 2 heteroatoms. The van der Waals surface area contributed by atoms with Crippen LogP contribution in [0.25, 0.3) is 11.1 Å². The highest BCUT2D eigenvalue weighted by atomic mass is 16.3. The summed E-state index contributed by atoms with van der Waals surface area (Å²) in [7, 11) is 0. The molecule has 2 N–H and O–H groups in total. The largest absolute Gasteiger partial charge is 0.508 e. The monoisotopic (exact) mass is 275 g/mol. The molecule has 0 aliphatic heterocycles. The smallest absolute Gasteiger partial charge is 0.120 e. The highest BCUT2D eigenvalue weighted by Gasteiger charge is 2.04. The molecule has 0 bridgehead atoms. The molecule has 0 saturated carbocycles. The normalized spacial score (nSPS) is 10.3. The van der Waals surface area contributed by atoms with Gasteiger partial charge in [0.05, 0.1) is 0 Å². The summed E-state index contributed by atoms with van der Waals surface area (Å²) in [5.41, 5.74) is 4.19. The van der Waals surface area contributed by atoms with Crippen molar-refractivity contribution in [1.29, 1.82) is 0 Å². The van der Waals surface area contributed by atoms with Crippen molar-refractivity contribution in [1.82, 2.24) is 0 Å². The Kier molecular flexibility index (Phi) is 3.88. The van der Waals surface area contributed by atoms with Gasteiger partial charge < -0.3 is 10.4 Å². The second-order valence-corrected chi connectivity index (χ2v) is 4.93. The Balaban J connectivity index is 1.82. The van der Waals surface area contributed by atoms with Crippen LogP contribution in [-0.4, -0.2) is 5.11 Å². The number of phenols is 1. The fourth-order valence-corrected chi connectivity index (χ4v) is 2.29. The van der Waals surface area contributed by atoms with Crippen LogP contribution in [0.5, 0.6) is 5.75 Å². The zero-order valence-corrected chi connectivity index (χ0v) is 11.7. The molecule has 3 aromatic carbocycles. The molecule has 21 heavy (non-hydrogen) atoms. The van der Waals surface area contributed by atoms with Gasteiger partial charge in [0.25, 0.3) is 0 Å². The number of para-hydroxylation sites is 1. The Morgan fingerprint density at radius 1 is 0.714 bits per heavy atom. The predicted octanol–water partition coefficient (Wildman–Crippen LogP) is 4.67. The van der Waals surface area contributed by atoms with Gasteiger partial charge >= 0.3 is 0 Å². The molecule has 0 amide bonds. The summed E-state index contributed by atoms with van der Waals surface area (Å²) in [5.74, 6) is 0.318. The molecule has 2 nitrogen and oxygen atoms in total. The standard InChI is InChI=1S/C19H17NO/c21-19-12-11-16(15-7-3-1-4-8-15)13-17(19)14-20-18-9-5-2-6-10-18/h1-13,20-21H,14H2. The number of aromatic hydroxyl groups is 1. The highest BCUT2D eigenvalue weighted by Crippen LogP contribution is 2.26. The Hall–Kier alpha value is -2.74. The summed E-state index contributed by atoms with van der Waals surface area (Å²) in [6, 6.07) is 25.9. The van der Waals surface area contributed by atoms with Crippen LogP contribution in [0.4, 0.5) is 5.69 Å². The lowest BCUT2D eigenvalue weighted by Gasteiger charge is -2.10. The summed E-state index contributed by atoms with van der Waals surface area (Å²) >= 11 is 0. The molecule has 0 spiro atoms. The molecule has 0 aliphatic carbocycles. The van der Waals surface area contributed by atoms with Crippen LogP contribution < -0.4 is 5.32 Å². The van der Waals surface area contributed by atoms with Crippen molar-refractivity contribution in [3.05, 3.63) is 84.4 Å². The SMILES string of the molecule is Oc1ccc(-c2ccccc2)cc1CNc1ccccc1. The van der Waals surface area contributed by atoms with E-state index in [1.807, 2.05) is 60.7 Å². The lowest BCUT2D eigenvalue weighted by Crippen LogP contribution is -1.99. The van der Waals surface area contributed by atoms with Crippen molar-refractivity contribution in [3.8, 4) is 16.9 Å². The third kappa shape index (κ3) is 3.23. The molecule has 0 unspecified atom stereocenters. The maximum absolute atomic E-state index is 10.0. The van der Waals surface area contributed by atoms with Crippen molar-refractivity contribution < 1.29 is 5.11 Å². The van der Waals surface area contributed by atoms with Crippen molar-refractivity contribution in [2.24, 2.45) is 0 Å². The second kappa shape index (κ2) is 6.14. The van der Waals surface area contributed by atoms with Gasteiger partial charge in [-0.1, -0.05) is 54.6 Å². The van der Waals surface area contributed by atoms with Gasteiger partial charge in [0, 0.05) is 17.8 Å². The molecule has 3 rings (SSSR count). The third-order valence-corrected chi connectivity index (χ3v) is 3.44. The molecule has 0 aromatic heterocycles. The molecular formula is C19H17NO. The van der Waals surface area contributed by atoms with E-state index in [1.165, 1.54) is 0 Å². The van der Waals surface area contributed by atoms with Crippen molar-refractivity contribution in [2.75, 3.05) is 5.32 Å². The maximum atomic E-state index is 10.0. The van der Waals surface area contributed by atoms with Gasteiger partial charge in [0.1, 0.15) is 5.75 Å². The van der Waals surface area contributed by atoms with E-state index in [4.69, 9.17) is 0 Å². The predicted molar refractivity (Wildman–Crippen MR) is 87.3 cm³/mol. The van der Waals surface area contributed by atoms with E-state index in [0.717, 1.165) is 22.4 Å². The quantitative estimate of drug-likeness (QED) is 0.725. The Morgan fingerprint density at radius 3 is 2.10 bits per heavy atom. The zero-order chi connectivity index (χ0) is 14.5. The lowest BCUT2D eigenvalue weighted by atomic mass is 10.0. The van der Waals surface area contributed by atoms with Crippen LogP contribution in [0.2, 0.25) is 0 Å². The minimum atomic E-state index is 0.318. The van der Waals surface area contributed by atoms with Crippen LogP contribution >= 0.6 is 0 Å². The first-order chi connectivity index (χ1) is 10.3. The number of anilines is 1. The van der Waals surface area contributed by atoms with E-state index in [-0.39, 0.29) is 0 Å². The third-order valence-electron chi connectivity index (χ3n) is 3.44. The Labute approximate surface area is 124 Å². The topological polar surface area (TPSA) is 32.3 Å². The molecule has 0 aliphatic rings. The lowest BCUT2D eigenvalue weighted by molar-refractivity contribution is 0.469. The zero-order valence-electron chi connectivity index (χ0n) is 11.7. The van der Waals surface area contributed by atoms with Crippen molar-refractivity contribution in [3.63, 3.8) is 0 Å². The first kappa shape index (κ1) is 13.3. The van der Waals surface area contributed by atoms with Gasteiger partial charge in [-0.15, -0.1) is 0 Å². The fourth-order valence-electron chi connectivity index (χ4n) is 2.29. The molecule has 0 saturated heterocycles. The van der Waals surface area contributed by atoms with Crippen molar-refractivity contribution in [2.45, 2.75) is 6.54 Å². The van der Waals surface area contributed by atoms with Gasteiger partial charge in [-0.3, -0.25) is 0 Å². The minimum absolute atomic E-state index is 0.318. The molecule has 0 fully saturated rings. The summed E-state index contributed by atoms with van der Waals surface area (Å²) in [4.78, 5) is 0. The molecule has 0 heterocycles.